The van der Waals surface area contributed by atoms with Crippen LogP contribution in [0.4, 0.5) is 0 Å². The topological polar surface area (TPSA) is 21.3 Å². The Kier molecular flexibility index (Phi) is 6.35. The first kappa shape index (κ1) is 16.3. The molecule has 0 radical (unpaired) electrons. The first-order valence-electron chi connectivity index (χ1n) is 9.02. The number of hydrogen-bond acceptors (Lipinski definition) is 2. The molecule has 1 spiro atoms. The molecule has 1 aliphatic heterocycles. The van der Waals surface area contributed by atoms with Crippen LogP contribution in [-0.4, -0.2) is 24.8 Å². The first-order chi connectivity index (χ1) is 9.65. The Labute approximate surface area is 126 Å². The van der Waals surface area contributed by atoms with Gasteiger partial charge in [0.25, 0.3) is 0 Å². The Morgan fingerprint density at radius 3 is 2.65 bits per heavy atom. The highest BCUT2D eigenvalue weighted by Crippen LogP contribution is 2.43. The Bertz CT molecular complexity index is 271. The van der Waals surface area contributed by atoms with E-state index in [9.17, 15) is 0 Å². The Morgan fingerprint density at radius 1 is 1.25 bits per heavy atom. The summed E-state index contributed by atoms with van der Waals surface area (Å²) in [7, 11) is 0. The number of hydrogen-bond donors (Lipinski definition) is 1. The molecule has 2 nitrogen and oxygen atoms in total. The standard InChI is InChI=1S/C18H35NO/c1-4-12-19-17(15(2)3)8-7-16-9-13-20-18(14-16)10-5-6-11-18/h15-17,19H,4-14H2,1-3H3. The minimum absolute atomic E-state index is 0.299. The van der Waals surface area contributed by atoms with Crippen LogP contribution in [0.25, 0.3) is 0 Å². The van der Waals surface area contributed by atoms with E-state index in [1.54, 1.807) is 0 Å². The molecular formula is C18H35NO. The van der Waals surface area contributed by atoms with E-state index in [0.29, 0.717) is 11.6 Å². The number of nitrogens with one attached hydrogen (secondary N) is 1. The Morgan fingerprint density at radius 2 is 2.00 bits per heavy atom. The third kappa shape index (κ3) is 4.46. The summed E-state index contributed by atoms with van der Waals surface area (Å²) in [6, 6.07) is 0.706. The Balaban J connectivity index is 1.77. The van der Waals surface area contributed by atoms with Gasteiger partial charge in [-0.3, -0.25) is 0 Å². The van der Waals surface area contributed by atoms with Crippen LogP contribution in [0.5, 0.6) is 0 Å². The van der Waals surface area contributed by atoms with Crippen LogP contribution in [0, 0.1) is 11.8 Å². The van der Waals surface area contributed by atoms with E-state index in [0.717, 1.165) is 18.4 Å². The van der Waals surface area contributed by atoms with E-state index in [1.165, 1.54) is 64.3 Å². The molecule has 2 unspecified atom stereocenters. The van der Waals surface area contributed by atoms with Gasteiger partial charge in [0.05, 0.1) is 5.60 Å². The molecule has 2 atom stereocenters. The largest absolute Gasteiger partial charge is 0.375 e. The molecule has 0 aromatic heterocycles. The fourth-order valence-electron chi connectivity index (χ4n) is 4.16. The van der Waals surface area contributed by atoms with E-state index >= 15 is 0 Å². The molecule has 1 aliphatic carbocycles. The average molecular weight is 281 g/mol. The highest BCUT2D eigenvalue weighted by atomic mass is 16.5. The van der Waals surface area contributed by atoms with E-state index < -0.39 is 0 Å². The van der Waals surface area contributed by atoms with E-state index in [4.69, 9.17) is 4.74 Å². The minimum atomic E-state index is 0.299. The fourth-order valence-corrected chi connectivity index (χ4v) is 4.16. The third-order valence-electron chi connectivity index (χ3n) is 5.46. The second kappa shape index (κ2) is 7.79. The SMILES string of the molecule is CCCNC(CCC1CCOC2(CCCC2)C1)C(C)C. The number of rotatable bonds is 7. The lowest BCUT2D eigenvalue weighted by Gasteiger charge is -2.39. The van der Waals surface area contributed by atoms with E-state index in [2.05, 4.69) is 26.1 Å². The minimum Gasteiger partial charge on any atom is -0.375 e. The van der Waals surface area contributed by atoms with Crippen LogP contribution in [0.2, 0.25) is 0 Å². The fraction of sp³-hybridized carbons (Fsp3) is 1.00. The number of ether oxygens (including phenoxy) is 1. The van der Waals surface area contributed by atoms with Crippen molar-refractivity contribution in [2.24, 2.45) is 11.8 Å². The predicted octanol–water partition coefficient (Wildman–Crippen LogP) is 4.53. The normalized spacial score (nSPS) is 27.3. The van der Waals surface area contributed by atoms with Crippen molar-refractivity contribution in [3.05, 3.63) is 0 Å². The van der Waals surface area contributed by atoms with Crippen LogP contribution in [0.3, 0.4) is 0 Å². The molecule has 1 saturated carbocycles. The maximum atomic E-state index is 6.16. The smallest absolute Gasteiger partial charge is 0.0685 e. The van der Waals surface area contributed by atoms with Gasteiger partial charge >= 0.3 is 0 Å². The van der Waals surface area contributed by atoms with Crippen molar-refractivity contribution in [3.63, 3.8) is 0 Å². The molecule has 0 bridgehead atoms. The zero-order chi connectivity index (χ0) is 14.4. The van der Waals surface area contributed by atoms with Crippen LogP contribution >= 0.6 is 0 Å². The summed E-state index contributed by atoms with van der Waals surface area (Å²) in [6.07, 6.45) is 12.0. The third-order valence-corrected chi connectivity index (χ3v) is 5.46. The molecule has 20 heavy (non-hydrogen) atoms. The van der Waals surface area contributed by atoms with Crippen molar-refractivity contribution in [3.8, 4) is 0 Å². The van der Waals surface area contributed by atoms with Gasteiger partial charge in [-0.2, -0.15) is 0 Å². The van der Waals surface area contributed by atoms with Crippen molar-refractivity contribution < 1.29 is 4.74 Å². The molecule has 0 amide bonds. The molecule has 2 fully saturated rings. The molecule has 0 aromatic rings. The first-order valence-corrected chi connectivity index (χ1v) is 9.02. The summed E-state index contributed by atoms with van der Waals surface area (Å²) < 4.78 is 6.16. The molecule has 1 N–H and O–H groups in total. The van der Waals surface area contributed by atoms with Gasteiger partial charge in [-0.15, -0.1) is 0 Å². The van der Waals surface area contributed by atoms with Crippen molar-refractivity contribution in [1.29, 1.82) is 0 Å². The van der Waals surface area contributed by atoms with Crippen molar-refractivity contribution >= 4 is 0 Å². The van der Waals surface area contributed by atoms with Crippen molar-refractivity contribution in [2.75, 3.05) is 13.2 Å². The van der Waals surface area contributed by atoms with Gasteiger partial charge in [0.1, 0.15) is 0 Å². The maximum absolute atomic E-state index is 6.16. The highest BCUT2D eigenvalue weighted by Gasteiger charge is 2.39. The molecular weight excluding hydrogens is 246 g/mol. The molecule has 1 saturated heterocycles. The second-order valence-electron chi connectivity index (χ2n) is 7.48. The molecule has 2 aliphatic rings. The summed E-state index contributed by atoms with van der Waals surface area (Å²) >= 11 is 0. The summed E-state index contributed by atoms with van der Waals surface area (Å²) in [4.78, 5) is 0. The summed E-state index contributed by atoms with van der Waals surface area (Å²) in [6.45, 7) is 9.15. The highest BCUT2D eigenvalue weighted by molar-refractivity contribution is 4.91. The molecule has 2 heteroatoms. The van der Waals surface area contributed by atoms with Gasteiger partial charge in [-0.25, -0.2) is 0 Å². The van der Waals surface area contributed by atoms with Crippen molar-refractivity contribution in [1.82, 2.24) is 5.32 Å². The van der Waals surface area contributed by atoms with Crippen LogP contribution in [0.15, 0.2) is 0 Å². The van der Waals surface area contributed by atoms with Crippen LogP contribution in [0.1, 0.15) is 78.6 Å². The van der Waals surface area contributed by atoms with Gasteiger partial charge in [0, 0.05) is 12.6 Å². The summed E-state index contributed by atoms with van der Waals surface area (Å²) in [5.41, 5.74) is 0.299. The van der Waals surface area contributed by atoms with E-state index in [-0.39, 0.29) is 0 Å². The molecule has 2 rings (SSSR count). The van der Waals surface area contributed by atoms with Gasteiger partial charge in [0.2, 0.25) is 0 Å². The Hall–Kier alpha value is -0.0800. The predicted molar refractivity (Wildman–Crippen MR) is 86.0 cm³/mol. The van der Waals surface area contributed by atoms with Gasteiger partial charge in [-0.05, 0) is 63.3 Å². The second-order valence-corrected chi connectivity index (χ2v) is 7.48. The van der Waals surface area contributed by atoms with E-state index in [1.807, 2.05) is 0 Å². The van der Waals surface area contributed by atoms with Crippen LogP contribution in [-0.2, 0) is 4.74 Å². The van der Waals surface area contributed by atoms with Crippen molar-refractivity contribution in [2.45, 2.75) is 90.2 Å². The zero-order valence-corrected chi connectivity index (χ0v) is 13.9. The van der Waals surface area contributed by atoms with Gasteiger partial charge in [-0.1, -0.05) is 33.6 Å². The molecule has 0 aromatic carbocycles. The lowest BCUT2D eigenvalue weighted by molar-refractivity contribution is -0.0942. The zero-order valence-electron chi connectivity index (χ0n) is 13.9. The van der Waals surface area contributed by atoms with Gasteiger partial charge < -0.3 is 10.1 Å². The molecule has 118 valence electrons. The average Bonchev–Trinajstić information content (AvgIpc) is 2.86. The molecule has 1 heterocycles. The quantitative estimate of drug-likeness (QED) is 0.740. The lowest BCUT2D eigenvalue weighted by atomic mass is 9.81. The maximum Gasteiger partial charge on any atom is 0.0685 e. The lowest BCUT2D eigenvalue weighted by Crippen LogP contribution is -2.39. The summed E-state index contributed by atoms with van der Waals surface area (Å²) in [5.74, 6) is 1.66. The van der Waals surface area contributed by atoms with Crippen LogP contribution < -0.4 is 5.32 Å². The monoisotopic (exact) mass is 281 g/mol. The van der Waals surface area contributed by atoms with Gasteiger partial charge in [0.15, 0.2) is 0 Å². The summed E-state index contributed by atoms with van der Waals surface area (Å²) in [5, 5.41) is 3.74.